The molecule has 0 heterocycles. The van der Waals surface area contributed by atoms with Crippen LogP contribution >= 0.6 is 11.6 Å². The molecule has 5 nitrogen and oxygen atoms in total. The Kier molecular flexibility index (Phi) is 4.27. The maximum atomic E-state index is 13.5. The summed E-state index contributed by atoms with van der Waals surface area (Å²) in [7, 11) is 0. The van der Waals surface area contributed by atoms with E-state index in [9.17, 15) is 14.5 Å². The second-order valence-corrected chi connectivity index (χ2v) is 4.22. The van der Waals surface area contributed by atoms with Crippen molar-refractivity contribution in [2.24, 2.45) is 5.10 Å². The topological polar surface area (TPSA) is 67.5 Å². The number of nitrogens with one attached hydrogen (secondary N) is 1. The quantitative estimate of drug-likeness (QED) is 0.529. The summed E-state index contributed by atoms with van der Waals surface area (Å²) in [6.07, 6.45) is 1.22. The van der Waals surface area contributed by atoms with Crippen LogP contribution < -0.4 is 5.43 Å². The van der Waals surface area contributed by atoms with Crippen LogP contribution in [0.4, 0.5) is 15.8 Å². The maximum absolute atomic E-state index is 13.5. The van der Waals surface area contributed by atoms with Crippen molar-refractivity contribution in [3.05, 3.63) is 69.0 Å². The average molecular weight is 294 g/mol. The normalized spacial score (nSPS) is 10.7. The van der Waals surface area contributed by atoms with Crippen molar-refractivity contribution in [2.75, 3.05) is 5.43 Å². The second-order valence-electron chi connectivity index (χ2n) is 3.81. The summed E-state index contributed by atoms with van der Waals surface area (Å²) >= 11 is 5.83. The Morgan fingerprint density at radius 1 is 1.30 bits per heavy atom. The van der Waals surface area contributed by atoms with E-state index in [1.807, 2.05) is 0 Å². The summed E-state index contributed by atoms with van der Waals surface area (Å²) in [4.78, 5) is 10.1. The number of non-ortho nitro benzene ring substituents is 1. The van der Waals surface area contributed by atoms with Crippen LogP contribution in [0.3, 0.4) is 0 Å². The van der Waals surface area contributed by atoms with Gasteiger partial charge in [0.1, 0.15) is 5.82 Å². The highest BCUT2D eigenvalue weighted by molar-refractivity contribution is 6.33. The number of anilines is 1. The Balaban J connectivity index is 2.14. The molecule has 0 radical (unpaired) electrons. The largest absolute Gasteiger partial charge is 0.278 e. The number of benzene rings is 2. The van der Waals surface area contributed by atoms with Crippen LogP contribution in [-0.2, 0) is 0 Å². The summed E-state index contributed by atoms with van der Waals surface area (Å²) in [5, 5.41) is 14.7. The van der Waals surface area contributed by atoms with Gasteiger partial charge in [0, 0.05) is 17.7 Å². The number of nitrogens with zero attached hydrogens (tertiary/aromatic N) is 2. The van der Waals surface area contributed by atoms with E-state index in [0.717, 1.165) is 0 Å². The summed E-state index contributed by atoms with van der Waals surface area (Å²) in [6, 6.07) is 10.1. The predicted octanol–water partition coefficient (Wildman–Crippen LogP) is 3.83. The van der Waals surface area contributed by atoms with Crippen LogP contribution in [0.25, 0.3) is 0 Å². The van der Waals surface area contributed by atoms with Crippen LogP contribution in [-0.4, -0.2) is 11.1 Å². The van der Waals surface area contributed by atoms with Crippen LogP contribution in [0, 0.1) is 15.9 Å². The zero-order chi connectivity index (χ0) is 14.5. The third kappa shape index (κ3) is 3.30. The van der Waals surface area contributed by atoms with Gasteiger partial charge in [-0.3, -0.25) is 15.5 Å². The average Bonchev–Trinajstić information content (AvgIpc) is 2.42. The number of nitro benzene ring substituents is 1. The highest BCUT2D eigenvalue weighted by Gasteiger charge is 2.05. The lowest BCUT2D eigenvalue weighted by atomic mass is 10.2. The van der Waals surface area contributed by atoms with Gasteiger partial charge in [-0.1, -0.05) is 23.7 Å². The van der Waals surface area contributed by atoms with Gasteiger partial charge < -0.3 is 0 Å². The molecular formula is C13H9ClFN3O2. The van der Waals surface area contributed by atoms with Gasteiger partial charge in [0.05, 0.1) is 21.8 Å². The van der Waals surface area contributed by atoms with Crippen LogP contribution in [0.2, 0.25) is 5.02 Å². The molecule has 0 unspecified atom stereocenters. The molecular weight excluding hydrogens is 285 g/mol. The van der Waals surface area contributed by atoms with Gasteiger partial charge >= 0.3 is 0 Å². The predicted molar refractivity (Wildman–Crippen MR) is 75.7 cm³/mol. The number of hydrazone groups is 1. The number of halogens is 2. The first-order valence-corrected chi connectivity index (χ1v) is 5.93. The first-order chi connectivity index (χ1) is 9.58. The molecule has 2 aromatic rings. The number of hydrogen-bond acceptors (Lipinski definition) is 4. The van der Waals surface area contributed by atoms with Crippen LogP contribution in [0.15, 0.2) is 47.6 Å². The van der Waals surface area contributed by atoms with Gasteiger partial charge in [0.15, 0.2) is 0 Å². The lowest BCUT2D eigenvalue weighted by Crippen LogP contribution is -1.95. The third-order valence-electron chi connectivity index (χ3n) is 2.44. The first kappa shape index (κ1) is 14.0. The second kappa shape index (κ2) is 6.12. The summed E-state index contributed by atoms with van der Waals surface area (Å²) in [5.74, 6) is -0.498. The smallest absolute Gasteiger partial charge is 0.271 e. The molecule has 0 aliphatic heterocycles. The van der Waals surface area contributed by atoms with Gasteiger partial charge in [-0.15, -0.1) is 0 Å². The van der Waals surface area contributed by atoms with E-state index in [2.05, 4.69) is 10.5 Å². The standard InChI is InChI=1S/C13H9ClFN3O2/c14-12-5-2-6-13(15)11(12)8-16-17-9-3-1-4-10(7-9)18(19)20/h1-8,17H/b16-8-. The van der Waals surface area contributed by atoms with E-state index in [1.165, 1.54) is 36.5 Å². The fraction of sp³-hybridized carbons (Fsp3) is 0. The van der Waals surface area contributed by atoms with Crippen molar-refractivity contribution in [3.8, 4) is 0 Å². The molecule has 2 rings (SSSR count). The van der Waals surface area contributed by atoms with E-state index >= 15 is 0 Å². The first-order valence-electron chi connectivity index (χ1n) is 5.55. The van der Waals surface area contributed by atoms with E-state index in [1.54, 1.807) is 12.1 Å². The number of nitro groups is 1. The fourth-order valence-electron chi connectivity index (χ4n) is 1.49. The molecule has 1 N–H and O–H groups in total. The minimum absolute atomic E-state index is 0.0610. The zero-order valence-corrected chi connectivity index (χ0v) is 10.8. The highest BCUT2D eigenvalue weighted by atomic mass is 35.5. The van der Waals surface area contributed by atoms with E-state index < -0.39 is 10.7 Å². The molecule has 0 saturated carbocycles. The number of rotatable bonds is 4. The van der Waals surface area contributed by atoms with E-state index in [4.69, 9.17) is 11.6 Å². The maximum Gasteiger partial charge on any atom is 0.271 e. The highest BCUT2D eigenvalue weighted by Crippen LogP contribution is 2.18. The molecule has 102 valence electrons. The molecule has 0 amide bonds. The van der Waals surface area contributed by atoms with Crippen molar-refractivity contribution in [3.63, 3.8) is 0 Å². The summed E-state index contributed by atoms with van der Waals surface area (Å²) in [6.45, 7) is 0. The molecule has 0 spiro atoms. The minimum Gasteiger partial charge on any atom is -0.278 e. The molecule has 0 aliphatic rings. The molecule has 0 atom stereocenters. The molecule has 0 aliphatic carbocycles. The van der Waals surface area contributed by atoms with Crippen molar-refractivity contribution < 1.29 is 9.31 Å². The molecule has 2 aromatic carbocycles. The minimum atomic E-state index is -0.511. The van der Waals surface area contributed by atoms with E-state index in [0.29, 0.717) is 5.69 Å². The van der Waals surface area contributed by atoms with Crippen molar-refractivity contribution in [1.29, 1.82) is 0 Å². The van der Waals surface area contributed by atoms with Crippen molar-refractivity contribution in [2.45, 2.75) is 0 Å². The third-order valence-corrected chi connectivity index (χ3v) is 2.77. The summed E-state index contributed by atoms with van der Waals surface area (Å²) < 4.78 is 13.5. The van der Waals surface area contributed by atoms with Gasteiger partial charge in [-0.25, -0.2) is 4.39 Å². The van der Waals surface area contributed by atoms with Crippen LogP contribution in [0.5, 0.6) is 0 Å². The Hall–Kier alpha value is -2.47. The monoisotopic (exact) mass is 293 g/mol. The van der Waals surface area contributed by atoms with Crippen molar-refractivity contribution in [1.82, 2.24) is 0 Å². The van der Waals surface area contributed by atoms with Crippen molar-refractivity contribution >= 4 is 29.2 Å². The molecule has 0 bridgehead atoms. The molecule has 7 heteroatoms. The summed E-state index contributed by atoms with van der Waals surface area (Å²) in [5.41, 5.74) is 3.09. The van der Waals surface area contributed by atoms with E-state index in [-0.39, 0.29) is 16.3 Å². The fourth-order valence-corrected chi connectivity index (χ4v) is 1.71. The lowest BCUT2D eigenvalue weighted by molar-refractivity contribution is -0.384. The number of hydrogen-bond donors (Lipinski definition) is 1. The Morgan fingerprint density at radius 2 is 2.05 bits per heavy atom. The Labute approximate surface area is 118 Å². The lowest BCUT2D eigenvalue weighted by Gasteiger charge is -2.01. The van der Waals surface area contributed by atoms with Gasteiger partial charge in [-0.05, 0) is 18.2 Å². The molecule has 0 aromatic heterocycles. The van der Waals surface area contributed by atoms with Gasteiger partial charge in [0.2, 0.25) is 0 Å². The van der Waals surface area contributed by atoms with Gasteiger partial charge in [0.25, 0.3) is 5.69 Å². The molecule has 20 heavy (non-hydrogen) atoms. The zero-order valence-electron chi connectivity index (χ0n) is 10.1. The Morgan fingerprint density at radius 3 is 2.75 bits per heavy atom. The SMILES string of the molecule is O=[N+]([O-])c1cccc(N/N=C\c2c(F)cccc2Cl)c1. The van der Waals surface area contributed by atoms with Gasteiger partial charge in [-0.2, -0.15) is 5.10 Å². The molecule has 0 fully saturated rings. The molecule has 0 saturated heterocycles. The van der Waals surface area contributed by atoms with Crippen LogP contribution in [0.1, 0.15) is 5.56 Å². The Bertz CT molecular complexity index is 656.